The molecule has 1 amide bonds. The highest BCUT2D eigenvalue weighted by Gasteiger charge is 2.18. The molecule has 0 bridgehead atoms. The van der Waals surface area contributed by atoms with Gasteiger partial charge in [0.05, 0.1) is 23.2 Å². The van der Waals surface area contributed by atoms with E-state index in [2.05, 4.69) is 10.6 Å². The molecule has 1 aliphatic rings. The molecule has 1 atom stereocenters. The number of amides is 1. The summed E-state index contributed by atoms with van der Waals surface area (Å²) in [6.07, 6.45) is -0.457. The van der Waals surface area contributed by atoms with E-state index in [0.29, 0.717) is 29.4 Å². The van der Waals surface area contributed by atoms with Crippen molar-refractivity contribution < 1.29 is 14.6 Å². The van der Waals surface area contributed by atoms with Crippen LogP contribution >= 0.6 is 0 Å². The van der Waals surface area contributed by atoms with E-state index in [9.17, 15) is 9.90 Å². The lowest BCUT2D eigenvalue weighted by molar-refractivity contribution is -0.118. The highest BCUT2D eigenvalue weighted by atomic mass is 16.5. The summed E-state index contributed by atoms with van der Waals surface area (Å²) < 4.78 is 5.27. The molecule has 1 aromatic carbocycles. The molecule has 5 N–H and O–H groups in total. The van der Waals surface area contributed by atoms with Crippen LogP contribution in [0.3, 0.4) is 0 Å². The number of nitrogen functional groups attached to an aromatic ring is 1. The van der Waals surface area contributed by atoms with E-state index >= 15 is 0 Å². The molecule has 0 radical (unpaired) electrons. The quantitative estimate of drug-likeness (QED) is 0.610. The Kier molecular flexibility index (Phi) is 3.80. The molecule has 0 spiro atoms. The van der Waals surface area contributed by atoms with Gasteiger partial charge in [0.15, 0.2) is 6.61 Å². The summed E-state index contributed by atoms with van der Waals surface area (Å²) in [4.78, 5) is 11.2. The van der Waals surface area contributed by atoms with Gasteiger partial charge in [0, 0.05) is 12.6 Å². The number of fused-ring (bicyclic) bond motifs is 1. The fraction of sp³-hybridized carbons (Fsp3) is 0.462. The monoisotopic (exact) mass is 265 g/mol. The van der Waals surface area contributed by atoms with Crippen LogP contribution in [0.1, 0.15) is 13.8 Å². The Hall–Kier alpha value is -1.95. The molecule has 0 aromatic heterocycles. The predicted octanol–water partition coefficient (Wildman–Crippen LogP) is 1.03. The van der Waals surface area contributed by atoms with Crippen molar-refractivity contribution in [2.24, 2.45) is 5.92 Å². The molecule has 1 heterocycles. The Labute approximate surface area is 111 Å². The summed E-state index contributed by atoms with van der Waals surface area (Å²) in [5.41, 5.74) is 7.68. The topological polar surface area (TPSA) is 96.6 Å². The summed E-state index contributed by atoms with van der Waals surface area (Å²) in [5, 5.41) is 15.6. The maximum Gasteiger partial charge on any atom is 0.262 e. The van der Waals surface area contributed by atoms with Crippen molar-refractivity contribution in [1.82, 2.24) is 0 Å². The van der Waals surface area contributed by atoms with Crippen molar-refractivity contribution >= 4 is 23.0 Å². The zero-order chi connectivity index (χ0) is 14.0. The Morgan fingerprint density at radius 3 is 2.95 bits per heavy atom. The van der Waals surface area contributed by atoms with E-state index in [1.807, 2.05) is 13.8 Å². The van der Waals surface area contributed by atoms with Crippen molar-refractivity contribution in [2.45, 2.75) is 20.0 Å². The van der Waals surface area contributed by atoms with E-state index in [1.165, 1.54) is 0 Å². The normalized spacial score (nSPS) is 15.5. The number of benzene rings is 1. The highest BCUT2D eigenvalue weighted by Crippen LogP contribution is 2.35. The van der Waals surface area contributed by atoms with Crippen LogP contribution in [0.2, 0.25) is 0 Å². The van der Waals surface area contributed by atoms with Crippen molar-refractivity contribution in [1.29, 1.82) is 0 Å². The average molecular weight is 265 g/mol. The van der Waals surface area contributed by atoms with E-state index in [4.69, 9.17) is 10.5 Å². The number of rotatable bonds is 4. The van der Waals surface area contributed by atoms with Crippen LogP contribution in [0.4, 0.5) is 17.1 Å². The van der Waals surface area contributed by atoms with Gasteiger partial charge in [-0.1, -0.05) is 13.8 Å². The standard InChI is InChI=1S/C13H19N3O3/c1-7(2)11(17)5-15-9-4-10-12(3-8(9)14)19-6-13(18)16-10/h3-4,7,11,15,17H,5-6,14H2,1-2H3,(H,16,18). The molecule has 0 aliphatic carbocycles. The van der Waals surface area contributed by atoms with Crippen LogP contribution in [0, 0.1) is 5.92 Å². The van der Waals surface area contributed by atoms with E-state index in [0.717, 1.165) is 0 Å². The molecular weight excluding hydrogens is 246 g/mol. The first kappa shape index (κ1) is 13.5. The number of aliphatic hydroxyl groups excluding tert-OH is 1. The van der Waals surface area contributed by atoms with Gasteiger partial charge in [-0.2, -0.15) is 0 Å². The van der Waals surface area contributed by atoms with Gasteiger partial charge in [-0.3, -0.25) is 4.79 Å². The fourth-order valence-corrected chi connectivity index (χ4v) is 1.75. The zero-order valence-electron chi connectivity index (χ0n) is 11.1. The molecule has 2 rings (SSSR count). The molecule has 1 unspecified atom stereocenters. The van der Waals surface area contributed by atoms with Gasteiger partial charge in [0.25, 0.3) is 5.91 Å². The van der Waals surface area contributed by atoms with Gasteiger partial charge in [-0.15, -0.1) is 0 Å². The van der Waals surface area contributed by atoms with Crippen LogP contribution in [0.15, 0.2) is 12.1 Å². The molecule has 0 saturated heterocycles. The first-order valence-electron chi connectivity index (χ1n) is 6.25. The molecule has 6 heteroatoms. The second-order valence-electron chi connectivity index (χ2n) is 4.96. The summed E-state index contributed by atoms with van der Waals surface area (Å²) in [7, 11) is 0. The number of ether oxygens (including phenoxy) is 1. The third kappa shape index (κ3) is 3.08. The summed E-state index contributed by atoms with van der Waals surface area (Å²) >= 11 is 0. The first-order chi connectivity index (χ1) is 8.97. The van der Waals surface area contributed by atoms with E-state index < -0.39 is 6.10 Å². The number of hydrogen-bond acceptors (Lipinski definition) is 5. The number of carbonyl (C=O) groups excluding carboxylic acids is 1. The van der Waals surface area contributed by atoms with Gasteiger partial charge < -0.3 is 26.2 Å². The van der Waals surface area contributed by atoms with Crippen molar-refractivity contribution in [2.75, 3.05) is 29.5 Å². The van der Waals surface area contributed by atoms with Gasteiger partial charge in [-0.25, -0.2) is 0 Å². The molecule has 19 heavy (non-hydrogen) atoms. The minimum Gasteiger partial charge on any atom is -0.482 e. The SMILES string of the molecule is CC(C)C(O)CNc1cc2c(cc1N)OCC(=O)N2. The number of aliphatic hydroxyl groups is 1. The van der Waals surface area contributed by atoms with Crippen LogP contribution in [0.25, 0.3) is 0 Å². The highest BCUT2D eigenvalue weighted by molar-refractivity contribution is 5.97. The minimum atomic E-state index is -0.457. The number of hydrogen-bond donors (Lipinski definition) is 4. The maximum absolute atomic E-state index is 11.2. The van der Waals surface area contributed by atoms with Crippen molar-refractivity contribution in [3.05, 3.63) is 12.1 Å². The molecule has 1 aromatic rings. The molecule has 104 valence electrons. The Morgan fingerprint density at radius 2 is 2.26 bits per heavy atom. The molecule has 6 nitrogen and oxygen atoms in total. The second kappa shape index (κ2) is 5.36. The molecule has 0 saturated carbocycles. The first-order valence-corrected chi connectivity index (χ1v) is 6.25. The smallest absolute Gasteiger partial charge is 0.262 e. The number of nitrogens with two attached hydrogens (primary N) is 1. The number of anilines is 3. The average Bonchev–Trinajstić information content (AvgIpc) is 2.36. The van der Waals surface area contributed by atoms with E-state index in [1.54, 1.807) is 12.1 Å². The van der Waals surface area contributed by atoms with Crippen LogP contribution in [-0.2, 0) is 4.79 Å². The number of nitrogens with one attached hydrogen (secondary N) is 2. The predicted molar refractivity (Wildman–Crippen MR) is 74.3 cm³/mol. The minimum absolute atomic E-state index is 0.00524. The summed E-state index contributed by atoms with van der Waals surface area (Å²) in [6, 6.07) is 3.38. The third-order valence-electron chi connectivity index (χ3n) is 3.06. The lowest BCUT2D eigenvalue weighted by Crippen LogP contribution is -2.27. The Morgan fingerprint density at radius 1 is 1.53 bits per heavy atom. The van der Waals surface area contributed by atoms with Crippen LogP contribution in [0.5, 0.6) is 5.75 Å². The van der Waals surface area contributed by atoms with Crippen LogP contribution < -0.4 is 21.1 Å². The van der Waals surface area contributed by atoms with Gasteiger partial charge in [0.2, 0.25) is 0 Å². The number of carbonyl (C=O) groups is 1. The molecule has 1 aliphatic heterocycles. The summed E-state index contributed by atoms with van der Waals surface area (Å²) in [5.74, 6) is 0.534. The van der Waals surface area contributed by atoms with Crippen molar-refractivity contribution in [3.8, 4) is 5.75 Å². The zero-order valence-corrected chi connectivity index (χ0v) is 11.1. The Bertz CT molecular complexity index is 488. The third-order valence-corrected chi connectivity index (χ3v) is 3.06. The lowest BCUT2D eigenvalue weighted by Gasteiger charge is -2.21. The molecular formula is C13H19N3O3. The van der Waals surface area contributed by atoms with Crippen molar-refractivity contribution in [3.63, 3.8) is 0 Å². The Balaban J connectivity index is 2.13. The van der Waals surface area contributed by atoms with Gasteiger partial charge in [0.1, 0.15) is 5.75 Å². The lowest BCUT2D eigenvalue weighted by atomic mass is 10.1. The van der Waals surface area contributed by atoms with E-state index in [-0.39, 0.29) is 18.4 Å². The fourth-order valence-electron chi connectivity index (χ4n) is 1.75. The molecule has 0 fully saturated rings. The second-order valence-corrected chi connectivity index (χ2v) is 4.96. The maximum atomic E-state index is 11.2. The van der Waals surface area contributed by atoms with Gasteiger partial charge >= 0.3 is 0 Å². The van der Waals surface area contributed by atoms with Crippen LogP contribution in [-0.4, -0.2) is 30.3 Å². The van der Waals surface area contributed by atoms with Gasteiger partial charge in [-0.05, 0) is 12.0 Å². The largest absolute Gasteiger partial charge is 0.482 e. The summed E-state index contributed by atoms with van der Waals surface area (Å²) in [6.45, 7) is 4.29.